The summed E-state index contributed by atoms with van der Waals surface area (Å²) in [5.41, 5.74) is 0.0393. The second-order valence-corrected chi connectivity index (χ2v) is 5.99. The molecule has 0 aliphatic rings. The zero-order valence-electron chi connectivity index (χ0n) is 10.6. The van der Waals surface area contributed by atoms with Crippen LogP contribution in [0.1, 0.15) is 20.8 Å². The number of nitro benzene ring substituents is 1. The van der Waals surface area contributed by atoms with Crippen LogP contribution in [0.15, 0.2) is 23.1 Å². The summed E-state index contributed by atoms with van der Waals surface area (Å²) in [6.07, 6.45) is -0.0182. The highest BCUT2D eigenvalue weighted by Gasteiger charge is 2.13. The highest BCUT2D eigenvalue weighted by Crippen LogP contribution is 2.32. The number of non-ortho nitro benzene ring substituents is 1. The zero-order valence-corrected chi connectivity index (χ0v) is 12.1. The molecule has 0 amide bonds. The van der Waals surface area contributed by atoms with E-state index in [1.54, 1.807) is 12.1 Å². The molecule has 0 radical (unpaired) electrons. The maximum atomic E-state index is 10.9. The minimum absolute atomic E-state index is 0.0182. The van der Waals surface area contributed by atoms with Crippen LogP contribution in [0.2, 0.25) is 0 Å². The van der Waals surface area contributed by atoms with Crippen LogP contribution < -0.4 is 4.74 Å². The van der Waals surface area contributed by atoms with Gasteiger partial charge in [-0.05, 0) is 19.9 Å². The topological polar surface area (TPSA) is 52.4 Å². The van der Waals surface area contributed by atoms with E-state index in [4.69, 9.17) is 16.3 Å². The van der Waals surface area contributed by atoms with E-state index in [0.717, 1.165) is 4.90 Å². The van der Waals surface area contributed by atoms with Crippen LogP contribution in [0, 0.1) is 10.1 Å². The number of ether oxygens (including phenoxy) is 1. The van der Waals surface area contributed by atoms with Gasteiger partial charge in [-0.1, -0.05) is 6.92 Å². The number of benzene rings is 1. The van der Waals surface area contributed by atoms with E-state index in [2.05, 4.69) is 0 Å². The summed E-state index contributed by atoms with van der Waals surface area (Å²) in [7, 11) is 0. The maximum Gasteiger partial charge on any atom is 0.274 e. The number of nitro groups is 1. The van der Waals surface area contributed by atoms with Crippen molar-refractivity contribution in [2.45, 2.75) is 37.0 Å². The van der Waals surface area contributed by atoms with E-state index in [1.165, 1.54) is 17.8 Å². The summed E-state index contributed by atoms with van der Waals surface area (Å²) < 4.78 is 5.51. The molecule has 0 saturated heterocycles. The largest absolute Gasteiger partial charge is 0.491 e. The van der Waals surface area contributed by atoms with Gasteiger partial charge in [0.15, 0.2) is 0 Å². The van der Waals surface area contributed by atoms with E-state index < -0.39 is 4.92 Å². The Bertz CT molecular complexity index is 426. The SMILES string of the molecule is CC(C)Oc1cc(SC(C)CCl)cc([N+](=O)[O-])c1. The quantitative estimate of drug-likeness (QED) is 0.342. The second-order valence-electron chi connectivity index (χ2n) is 4.17. The lowest BCUT2D eigenvalue weighted by atomic mass is 10.3. The van der Waals surface area contributed by atoms with Crippen LogP contribution in [0.25, 0.3) is 0 Å². The molecule has 1 aromatic rings. The number of thioether (sulfide) groups is 1. The summed E-state index contributed by atoms with van der Waals surface area (Å²) >= 11 is 7.24. The van der Waals surface area contributed by atoms with Gasteiger partial charge in [-0.3, -0.25) is 10.1 Å². The molecule has 18 heavy (non-hydrogen) atoms. The van der Waals surface area contributed by atoms with Crippen molar-refractivity contribution in [2.75, 3.05) is 5.88 Å². The monoisotopic (exact) mass is 289 g/mol. The highest BCUT2D eigenvalue weighted by atomic mass is 35.5. The maximum absolute atomic E-state index is 10.9. The Balaban J connectivity index is 3.01. The molecule has 0 aromatic heterocycles. The van der Waals surface area contributed by atoms with Crippen molar-refractivity contribution >= 4 is 29.1 Å². The first kappa shape index (κ1) is 15.1. The summed E-state index contributed by atoms with van der Waals surface area (Å²) in [5.74, 6) is 1.01. The Morgan fingerprint density at radius 2 is 2.06 bits per heavy atom. The van der Waals surface area contributed by atoms with E-state index >= 15 is 0 Å². The Morgan fingerprint density at radius 3 is 2.56 bits per heavy atom. The van der Waals surface area contributed by atoms with Crippen molar-refractivity contribution in [3.63, 3.8) is 0 Å². The van der Waals surface area contributed by atoms with Gasteiger partial charge >= 0.3 is 0 Å². The van der Waals surface area contributed by atoms with Crippen LogP contribution in [-0.4, -0.2) is 22.2 Å². The minimum atomic E-state index is -0.414. The molecule has 0 heterocycles. The lowest BCUT2D eigenvalue weighted by Crippen LogP contribution is -2.06. The molecule has 1 rings (SSSR count). The molecule has 1 unspecified atom stereocenters. The van der Waals surface area contributed by atoms with Gasteiger partial charge in [0.2, 0.25) is 0 Å². The van der Waals surface area contributed by atoms with Gasteiger partial charge < -0.3 is 4.74 Å². The smallest absolute Gasteiger partial charge is 0.274 e. The van der Waals surface area contributed by atoms with Crippen molar-refractivity contribution in [1.82, 2.24) is 0 Å². The van der Waals surface area contributed by atoms with Gasteiger partial charge in [0, 0.05) is 22.1 Å². The van der Waals surface area contributed by atoms with Crippen LogP contribution in [0.5, 0.6) is 5.75 Å². The number of hydrogen-bond acceptors (Lipinski definition) is 4. The fourth-order valence-corrected chi connectivity index (χ4v) is 2.42. The summed E-state index contributed by atoms with van der Waals surface area (Å²) in [6.45, 7) is 5.74. The summed E-state index contributed by atoms with van der Waals surface area (Å²) in [5, 5.41) is 11.1. The van der Waals surface area contributed by atoms with Gasteiger partial charge in [0.1, 0.15) is 5.75 Å². The first-order chi connectivity index (χ1) is 8.42. The van der Waals surface area contributed by atoms with Crippen molar-refractivity contribution in [1.29, 1.82) is 0 Å². The third-order valence-corrected chi connectivity index (χ3v) is 3.72. The van der Waals surface area contributed by atoms with Crippen LogP contribution in [0.4, 0.5) is 5.69 Å². The fourth-order valence-electron chi connectivity index (χ4n) is 1.33. The summed E-state index contributed by atoms with van der Waals surface area (Å²) in [4.78, 5) is 11.2. The predicted octanol–water partition coefficient (Wildman–Crippen LogP) is 4.10. The Kier molecular flexibility index (Phi) is 5.75. The van der Waals surface area contributed by atoms with E-state index in [0.29, 0.717) is 11.6 Å². The Labute approximate surface area is 116 Å². The molecular weight excluding hydrogens is 274 g/mol. The minimum Gasteiger partial charge on any atom is -0.491 e. The average molecular weight is 290 g/mol. The second kappa shape index (κ2) is 6.85. The molecular formula is C12H16ClNO3S. The van der Waals surface area contributed by atoms with E-state index in [9.17, 15) is 10.1 Å². The number of halogens is 1. The van der Waals surface area contributed by atoms with Crippen LogP contribution in [-0.2, 0) is 0 Å². The van der Waals surface area contributed by atoms with Crippen molar-refractivity contribution in [3.05, 3.63) is 28.3 Å². The van der Waals surface area contributed by atoms with Crippen molar-refractivity contribution in [2.24, 2.45) is 0 Å². The Morgan fingerprint density at radius 1 is 1.39 bits per heavy atom. The van der Waals surface area contributed by atoms with Gasteiger partial charge in [-0.15, -0.1) is 23.4 Å². The molecule has 6 heteroatoms. The lowest BCUT2D eigenvalue weighted by Gasteiger charge is -2.12. The zero-order chi connectivity index (χ0) is 13.7. The molecule has 0 aliphatic heterocycles. The standard InChI is InChI=1S/C12H16ClNO3S/c1-8(2)17-11-4-10(14(15)16)5-12(6-11)18-9(3)7-13/h4-6,8-9H,7H2,1-3H3. The molecule has 0 spiro atoms. The van der Waals surface area contributed by atoms with Gasteiger partial charge in [-0.2, -0.15) is 0 Å². The van der Waals surface area contributed by atoms with Crippen molar-refractivity contribution < 1.29 is 9.66 Å². The predicted molar refractivity (Wildman–Crippen MR) is 74.9 cm³/mol. The molecule has 0 N–H and O–H groups in total. The van der Waals surface area contributed by atoms with E-state index in [-0.39, 0.29) is 17.0 Å². The van der Waals surface area contributed by atoms with Gasteiger partial charge in [0.25, 0.3) is 5.69 Å². The number of hydrogen-bond donors (Lipinski definition) is 0. The van der Waals surface area contributed by atoms with Crippen LogP contribution >= 0.6 is 23.4 Å². The number of rotatable bonds is 6. The highest BCUT2D eigenvalue weighted by molar-refractivity contribution is 8.00. The van der Waals surface area contributed by atoms with Gasteiger partial charge in [-0.25, -0.2) is 0 Å². The molecule has 0 bridgehead atoms. The van der Waals surface area contributed by atoms with Crippen LogP contribution in [0.3, 0.4) is 0 Å². The summed E-state index contributed by atoms with van der Waals surface area (Å²) in [6, 6.07) is 4.79. The third kappa shape index (κ3) is 4.74. The fraction of sp³-hybridized carbons (Fsp3) is 0.500. The number of nitrogens with zero attached hydrogens (tertiary/aromatic N) is 1. The first-order valence-electron chi connectivity index (χ1n) is 5.61. The molecule has 0 fully saturated rings. The molecule has 0 saturated carbocycles. The molecule has 1 atom stereocenters. The number of alkyl halides is 1. The average Bonchev–Trinajstić information content (AvgIpc) is 2.27. The molecule has 0 aliphatic carbocycles. The third-order valence-electron chi connectivity index (χ3n) is 2.00. The van der Waals surface area contributed by atoms with E-state index in [1.807, 2.05) is 20.8 Å². The molecule has 100 valence electrons. The molecule has 1 aromatic carbocycles. The van der Waals surface area contributed by atoms with Gasteiger partial charge in [0.05, 0.1) is 17.1 Å². The Hall–Kier alpha value is -0.940. The normalized spacial score (nSPS) is 12.5. The molecule has 4 nitrogen and oxygen atoms in total. The van der Waals surface area contributed by atoms with Crippen molar-refractivity contribution in [3.8, 4) is 5.75 Å². The first-order valence-corrected chi connectivity index (χ1v) is 7.02. The lowest BCUT2D eigenvalue weighted by molar-refractivity contribution is -0.385.